The largest absolute Gasteiger partial charge is 0.409 e. The maximum Gasteiger partial charge on any atom is 0.190 e. The van der Waals surface area contributed by atoms with Gasteiger partial charge in [0.1, 0.15) is 11.5 Å². The number of rotatable bonds is 2. The van der Waals surface area contributed by atoms with Gasteiger partial charge in [-0.25, -0.2) is 9.97 Å². The molecule has 1 saturated heterocycles. The van der Waals surface area contributed by atoms with Crippen molar-refractivity contribution in [2.24, 2.45) is 22.7 Å². The molecule has 2 fully saturated rings. The van der Waals surface area contributed by atoms with E-state index in [0.29, 0.717) is 5.69 Å². The van der Waals surface area contributed by atoms with E-state index in [4.69, 9.17) is 10.9 Å². The van der Waals surface area contributed by atoms with Crippen LogP contribution in [0.5, 0.6) is 0 Å². The van der Waals surface area contributed by atoms with Crippen LogP contribution >= 0.6 is 0 Å². The zero-order chi connectivity index (χ0) is 13.9. The molecule has 1 aromatic heterocycles. The van der Waals surface area contributed by atoms with Gasteiger partial charge in [0.25, 0.3) is 0 Å². The summed E-state index contributed by atoms with van der Waals surface area (Å²) >= 11 is 0. The quantitative estimate of drug-likeness (QED) is 0.370. The lowest BCUT2D eigenvalue weighted by Gasteiger charge is -2.41. The number of amidine groups is 1. The Balaban J connectivity index is 1.70. The number of piperidine rings is 1. The monoisotopic (exact) mass is 275 g/mol. The third-order valence-electron chi connectivity index (χ3n) is 4.62. The predicted octanol–water partition coefficient (Wildman–Crippen LogP) is 1.59. The molecule has 6 heteroatoms. The zero-order valence-corrected chi connectivity index (χ0v) is 11.6. The maximum atomic E-state index is 8.62. The fraction of sp³-hybridized carbons (Fsp3) is 0.643. The molecule has 2 aliphatic rings. The Morgan fingerprint density at radius 3 is 2.70 bits per heavy atom. The summed E-state index contributed by atoms with van der Waals surface area (Å²) in [4.78, 5) is 10.9. The van der Waals surface area contributed by atoms with Crippen LogP contribution in [0.3, 0.4) is 0 Å². The maximum absolute atomic E-state index is 8.62. The minimum Gasteiger partial charge on any atom is -0.409 e. The van der Waals surface area contributed by atoms with Crippen LogP contribution in [-0.4, -0.2) is 34.1 Å². The molecule has 0 radical (unpaired) electrons. The van der Waals surface area contributed by atoms with E-state index in [1.54, 1.807) is 12.4 Å². The zero-order valence-electron chi connectivity index (χ0n) is 11.6. The molecule has 1 aliphatic heterocycles. The molecule has 3 rings (SSSR count). The van der Waals surface area contributed by atoms with E-state index < -0.39 is 0 Å². The number of oxime groups is 1. The molecule has 0 amide bonds. The van der Waals surface area contributed by atoms with Gasteiger partial charge in [-0.15, -0.1) is 0 Å². The van der Waals surface area contributed by atoms with E-state index in [9.17, 15) is 0 Å². The fourth-order valence-electron chi connectivity index (χ4n) is 3.48. The summed E-state index contributed by atoms with van der Waals surface area (Å²) in [6.07, 6.45) is 10.0. The predicted molar refractivity (Wildman–Crippen MR) is 76.8 cm³/mol. The average Bonchev–Trinajstić information content (AvgIpc) is 2.54. The molecule has 0 aromatic carbocycles. The number of hydrogen-bond donors (Lipinski definition) is 2. The second-order valence-corrected chi connectivity index (χ2v) is 5.78. The Bertz CT molecular complexity index is 487. The van der Waals surface area contributed by atoms with Crippen LogP contribution in [0.4, 0.5) is 5.82 Å². The molecule has 20 heavy (non-hydrogen) atoms. The van der Waals surface area contributed by atoms with Crippen molar-refractivity contribution in [2.45, 2.75) is 32.1 Å². The highest BCUT2D eigenvalue weighted by atomic mass is 16.4. The summed E-state index contributed by atoms with van der Waals surface area (Å²) in [7, 11) is 0. The lowest BCUT2D eigenvalue weighted by molar-refractivity contribution is 0.202. The first-order valence-electron chi connectivity index (χ1n) is 7.33. The van der Waals surface area contributed by atoms with Crippen molar-refractivity contribution in [3.8, 4) is 0 Å². The lowest BCUT2D eigenvalue weighted by atomic mass is 9.75. The highest BCUT2D eigenvalue weighted by molar-refractivity contribution is 5.94. The topological polar surface area (TPSA) is 87.6 Å². The van der Waals surface area contributed by atoms with Crippen molar-refractivity contribution >= 4 is 11.7 Å². The molecular weight excluding hydrogens is 254 g/mol. The molecule has 1 saturated carbocycles. The van der Waals surface area contributed by atoms with E-state index >= 15 is 0 Å². The smallest absolute Gasteiger partial charge is 0.190 e. The van der Waals surface area contributed by atoms with Gasteiger partial charge in [0.15, 0.2) is 5.84 Å². The van der Waals surface area contributed by atoms with Crippen molar-refractivity contribution < 1.29 is 5.21 Å². The van der Waals surface area contributed by atoms with Crippen molar-refractivity contribution in [3.63, 3.8) is 0 Å². The minimum atomic E-state index is -0.00459. The van der Waals surface area contributed by atoms with E-state index in [1.165, 1.54) is 32.1 Å². The van der Waals surface area contributed by atoms with Gasteiger partial charge in [-0.1, -0.05) is 24.4 Å². The van der Waals surface area contributed by atoms with E-state index in [-0.39, 0.29) is 5.84 Å². The molecule has 108 valence electrons. The molecule has 3 N–H and O–H groups in total. The Hall–Kier alpha value is -1.85. The molecule has 0 bridgehead atoms. The van der Waals surface area contributed by atoms with E-state index in [1.807, 2.05) is 0 Å². The van der Waals surface area contributed by atoms with Gasteiger partial charge < -0.3 is 15.8 Å². The van der Waals surface area contributed by atoms with Crippen molar-refractivity contribution in [1.29, 1.82) is 0 Å². The normalized spacial score (nSPS) is 27.2. The van der Waals surface area contributed by atoms with Crippen LogP contribution in [0.2, 0.25) is 0 Å². The summed E-state index contributed by atoms with van der Waals surface area (Å²) in [5.74, 6) is 2.60. The van der Waals surface area contributed by atoms with Gasteiger partial charge in [-0.05, 0) is 24.7 Å². The standard InChI is InChI=1S/C14H21N5O/c15-14(18-20)12-7-17-13(8-16-12)19-6-5-10-3-1-2-4-11(10)9-19/h7-8,10-11,20H,1-6,9H2,(H2,15,18). The average molecular weight is 275 g/mol. The molecule has 2 atom stereocenters. The van der Waals surface area contributed by atoms with Crippen LogP contribution < -0.4 is 10.6 Å². The molecular formula is C14H21N5O. The Kier molecular flexibility index (Phi) is 3.71. The number of anilines is 1. The van der Waals surface area contributed by atoms with Gasteiger partial charge in [0.2, 0.25) is 0 Å². The highest BCUT2D eigenvalue weighted by Gasteiger charge is 2.31. The second kappa shape index (κ2) is 5.64. The van der Waals surface area contributed by atoms with Crippen LogP contribution in [0.15, 0.2) is 17.5 Å². The first-order valence-corrected chi connectivity index (χ1v) is 7.33. The molecule has 0 spiro atoms. The third-order valence-corrected chi connectivity index (χ3v) is 4.62. The minimum absolute atomic E-state index is 0.00459. The van der Waals surface area contributed by atoms with Gasteiger partial charge in [-0.2, -0.15) is 0 Å². The highest BCUT2D eigenvalue weighted by Crippen LogP contribution is 2.36. The summed E-state index contributed by atoms with van der Waals surface area (Å²) < 4.78 is 0. The first-order chi connectivity index (χ1) is 9.78. The molecule has 2 unspecified atom stereocenters. The fourth-order valence-corrected chi connectivity index (χ4v) is 3.48. The summed E-state index contributed by atoms with van der Waals surface area (Å²) in [5.41, 5.74) is 5.90. The van der Waals surface area contributed by atoms with Gasteiger partial charge in [-0.3, -0.25) is 0 Å². The number of nitrogens with two attached hydrogens (primary N) is 1. The van der Waals surface area contributed by atoms with Crippen LogP contribution in [0.25, 0.3) is 0 Å². The van der Waals surface area contributed by atoms with Crippen molar-refractivity contribution in [3.05, 3.63) is 18.1 Å². The van der Waals surface area contributed by atoms with E-state index in [0.717, 1.165) is 30.7 Å². The van der Waals surface area contributed by atoms with Crippen LogP contribution in [-0.2, 0) is 0 Å². The van der Waals surface area contributed by atoms with E-state index in [2.05, 4.69) is 20.0 Å². The lowest BCUT2D eigenvalue weighted by Crippen LogP contribution is -2.42. The first kappa shape index (κ1) is 13.1. The summed E-state index contributed by atoms with van der Waals surface area (Å²) in [5, 5.41) is 11.6. The molecule has 6 nitrogen and oxygen atoms in total. The SMILES string of the molecule is NC(=NO)c1cnc(N2CCC3CCCCC3C2)cn1. The molecule has 1 aromatic rings. The number of nitrogens with zero attached hydrogens (tertiary/aromatic N) is 4. The molecule has 2 heterocycles. The van der Waals surface area contributed by atoms with Crippen molar-refractivity contribution in [2.75, 3.05) is 18.0 Å². The van der Waals surface area contributed by atoms with Crippen LogP contribution in [0, 0.1) is 11.8 Å². The Morgan fingerprint density at radius 1 is 1.20 bits per heavy atom. The molecule has 1 aliphatic carbocycles. The Labute approximate surface area is 118 Å². The number of hydrogen-bond acceptors (Lipinski definition) is 5. The summed E-state index contributed by atoms with van der Waals surface area (Å²) in [6, 6.07) is 0. The van der Waals surface area contributed by atoms with Gasteiger partial charge >= 0.3 is 0 Å². The Morgan fingerprint density at radius 2 is 2.00 bits per heavy atom. The number of aromatic nitrogens is 2. The van der Waals surface area contributed by atoms with Crippen molar-refractivity contribution in [1.82, 2.24) is 9.97 Å². The number of fused-ring (bicyclic) bond motifs is 1. The van der Waals surface area contributed by atoms with Crippen LogP contribution in [0.1, 0.15) is 37.8 Å². The third kappa shape index (κ3) is 2.55. The second-order valence-electron chi connectivity index (χ2n) is 5.78. The van der Waals surface area contributed by atoms with Gasteiger partial charge in [0, 0.05) is 13.1 Å². The van der Waals surface area contributed by atoms with Gasteiger partial charge in [0.05, 0.1) is 12.4 Å². The summed E-state index contributed by atoms with van der Waals surface area (Å²) in [6.45, 7) is 2.14.